The average Bonchev–Trinajstić information content (AvgIpc) is 2.75. The predicted molar refractivity (Wildman–Crippen MR) is 114 cm³/mol. The van der Waals surface area contributed by atoms with Crippen molar-refractivity contribution >= 4 is 17.5 Å². The fourth-order valence-electron chi connectivity index (χ4n) is 3.37. The Kier molecular flexibility index (Phi) is 5.70. The first-order valence-electron chi connectivity index (χ1n) is 9.89. The normalized spacial score (nSPS) is 14.4. The van der Waals surface area contributed by atoms with E-state index in [-0.39, 0.29) is 5.91 Å². The number of benzene rings is 2. The van der Waals surface area contributed by atoms with Crippen molar-refractivity contribution in [1.82, 2.24) is 9.97 Å². The first kappa shape index (κ1) is 18.9. The lowest BCUT2D eigenvalue weighted by molar-refractivity contribution is 0.102. The maximum Gasteiger partial charge on any atom is 0.260 e. The Morgan fingerprint density at radius 2 is 1.76 bits per heavy atom. The number of hydrogen-bond donors (Lipinski definition) is 1. The van der Waals surface area contributed by atoms with Crippen LogP contribution < -0.4 is 15.0 Å². The summed E-state index contributed by atoms with van der Waals surface area (Å²) in [6, 6.07) is 18.4. The molecule has 1 aliphatic heterocycles. The molecule has 1 aromatic heterocycles. The van der Waals surface area contributed by atoms with Crippen molar-refractivity contribution < 1.29 is 9.53 Å². The molecule has 1 saturated heterocycles. The number of anilines is 2. The van der Waals surface area contributed by atoms with Gasteiger partial charge >= 0.3 is 0 Å². The molecule has 0 unspecified atom stereocenters. The second-order valence-corrected chi connectivity index (χ2v) is 7.30. The van der Waals surface area contributed by atoms with Crippen LogP contribution in [0.15, 0.2) is 67.0 Å². The zero-order valence-corrected chi connectivity index (χ0v) is 16.4. The minimum absolute atomic E-state index is 0.270. The highest BCUT2D eigenvalue weighted by atomic mass is 16.5. The molecule has 3 aromatic rings. The van der Waals surface area contributed by atoms with Crippen molar-refractivity contribution in [1.29, 1.82) is 0 Å². The number of ether oxygens (including phenoxy) is 1. The van der Waals surface area contributed by atoms with Crippen molar-refractivity contribution in [3.8, 4) is 11.5 Å². The van der Waals surface area contributed by atoms with Crippen molar-refractivity contribution in [2.75, 3.05) is 23.3 Å². The molecule has 29 heavy (non-hydrogen) atoms. The van der Waals surface area contributed by atoms with Crippen LogP contribution >= 0.6 is 0 Å². The van der Waals surface area contributed by atoms with E-state index in [1.807, 2.05) is 48.5 Å². The molecule has 0 spiro atoms. The van der Waals surface area contributed by atoms with Gasteiger partial charge in [-0.2, -0.15) is 0 Å². The molecule has 1 fully saturated rings. The number of hydrogen-bond acceptors (Lipinski definition) is 5. The monoisotopic (exact) mass is 388 g/mol. The molecule has 1 N–H and O–H groups in total. The van der Waals surface area contributed by atoms with Gasteiger partial charge in [0, 0.05) is 19.2 Å². The number of amides is 1. The molecule has 4 rings (SSSR count). The molecule has 1 amide bonds. The third-order valence-electron chi connectivity index (χ3n) is 5.10. The molecular formula is C23H24N4O2. The van der Waals surface area contributed by atoms with E-state index in [0.717, 1.165) is 37.7 Å². The summed E-state index contributed by atoms with van der Waals surface area (Å²) in [6.45, 7) is 4.22. The van der Waals surface area contributed by atoms with E-state index < -0.39 is 0 Å². The van der Waals surface area contributed by atoms with E-state index >= 15 is 0 Å². The minimum Gasteiger partial charge on any atom is -0.457 e. The molecule has 0 saturated carbocycles. The van der Waals surface area contributed by atoms with Gasteiger partial charge in [-0.25, -0.2) is 9.97 Å². The van der Waals surface area contributed by atoms with Crippen molar-refractivity contribution in [3.05, 3.63) is 72.6 Å². The van der Waals surface area contributed by atoms with E-state index in [9.17, 15) is 4.79 Å². The van der Waals surface area contributed by atoms with Crippen LogP contribution in [0.2, 0.25) is 0 Å². The number of para-hydroxylation sites is 2. The van der Waals surface area contributed by atoms with Crippen LogP contribution in [0.25, 0.3) is 0 Å². The summed E-state index contributed by atoms with van der Waals surface area (Å²) in [4.78, 5) is 23.7. The van der Waals surface area contributed by atoms with Gasteiger partial charge in [-0.1, -0.05) is 37.3 Å². The summed E-state index contributed by atoms with van der Waals surface area (Å²) in [5, 5.41) is 2.88. The lowest BCUT2D eigenvalue weighted by atomic mass is 9.99. The second-order valence-electron chi connectivity index (χ2n) is 7.30. The van der Waals surface area contributed by atoms with Crippen LogP contribution in [0.1, 0.15) is 30.1 Å². The van der Waals surface area contributed by atoms with Crippen molar-refractivity contribution in [2.24, 2.45) is 5.92 Å². The first-order chi connectivity index (χ1) is 14.2. The average molecular weight is 388 g/mol. The zero-order chi connectivity index (χ0) is 20.1. The van der Waals surface area contributed by atoms with Crippen LogP contribution in [-0.4, -0.2) is 29.0 Å². The standard InChI is InChI=1S/C23H24N4O2/c1-17-11-13-27(14-12-17)22-15-21(24-16-25-22)26-23(28)19-9-5-6-10-20(19)29-18-7-3-2-4-8-18/h2-10,15-17H,11-14H2,1H3,(H,24,25,26,28). The maximum atomic E-state index is 12.9. The van der Waals surface area contributed by atoms with Gasteiger partial charge in [-0.15, -0.1) is 0 Å². The molecule has 0 aliphatic carbocycles. The fourth-order valence-corrected chi connectivity index (χ4v) is 3.37. The lowest BCUT2D eigenvalue weighted by Crippen LogP contribution is -2.33. The molecule has 0 atom stereocenters. The summed E-state index contributed by atoms with van der Waals surface area (Å²) in [6.07, 6.45) is 3.79. The minimum atomic E-state index is -0.270. The van der Waals surface area contributed by atoms with Crippen LogP contribution in [0, 0.1) is 5.92 Å². The Bertz CT molecular complexity index is 969. The third-order valence-corrected chi connectivity index (χ3v) is 5.10. The van der Waals surface area contributed by atoms with Gasteiger partial charge in [-0.3, -0.25) is 4.79 Å². The van der Waals surface area contributed by atoms with Gasteiger partial charge < -0.3 is 15.0 Å². The quantitative estimate of drug-likeness (QED) is 0.683. The van der Waals surface area contributed by atoms with Gasteiger partial charge in [-0.05, 0) is 43.0 Å². The Hall–Kier alpha value is -3.41. The second kappa shape index (κ2) is 8.73. The zero-order valence-electron chi connectivity index (χ0n) is 16.4. The molecule has 0 bridgehead atoms. The number of carbonyl (C=O) groups excluding carboxylic acids is 1. The van der Waals surface area contributed by atoms with E-state index in [0.29, 0.717) is 22.9 Å². The smallest absolute Gasteiger partial charge is 0.260 e. The number of aromatic nitrogens is 2. The van der Waals surface area contributed by atoms with E-state index in [4.69, 9.17) is 4.74 Å². The highest BCUT2D eigenvalue weighted by Crippen LogP contribution is 2.26. The summed E-state index contributed by atoms with van der Waals surface area (Å²) in [5.41, 5.74) is 0.448. The van der Waals surface area contributed by atoms with Crippen LogP contribution in [-0.2, 0) is 0 Å². The Morgan fingerprint density at radius 1 is 1.03 bits per heavy atom. The van der Waals surface area contributed by atoms with Gasteiger partial charge in [0.25, 0.3) is 5.91 Å². The molecule has 2 heterocycles. The molecule has 148 valence electrons. The Morgan fingerprint density at radius 3 is 2.55 bits per heavy atom. The Balaban J connectivity index is 1.49. The summed E-state index contributed by atoms with van der Waals surface area (Å²) >= 11 is 0. The van der Waals surface area contributed by atoms with Crippen LogP contribution in [0.5, 0.6) is 11.5 Å². The fraction of sp³-hybridized carbons (Fsp3) is 0.261. The van der Waals surface area contributed by atoms with Crippen molar-refractivity contribution in [2.45, 2.75) is 19.8 Å². The molecule has 6 nitrogen and oxygen atoms in total. The summed E-state index contributed by atoms with van der Waals surface area (Å²) in [5.74, 6) is 2.97. The SMILES string of the molecule is CC1CCN(c2cc(NC(=O)c3ccccc3Oc3ccccc3)ncn2)CC1. The largest absolute Gasteiger partial charge is 0.457 e. The van der Waals surface area contributed by atoms with Gasteiger partial charge in [0.05, 0.1) is 5.56 Å². The van der Waals surface area contributed by atoms with E-state index in [1.165, 1.54) is 6.33 Å². The van der Waals surface area contributed by atoms with Gasteiger partial charge in [0.15, 0.2) is 0 Å². The number of nitrogens with zero attached hydrogens (tertiary/aromatic N) is 3. The first-order valence-corrected chi connectivity index (χ1v) is 9.89. The maximum absolute atomic E-state index is 12.9. The number of carbonyl (C=O) groups is 1. The summed E-state index contributed by atoms with van der Waals surface area (Å²) < 4.78 is 5.90. The molecule has 1 aliphatic rings. The number of piperidine rings is 1. The third kappa shape index (κ3) is 4.71. The molecular weight excluding hydrogens is 364 g/mol. The van der Waals surface area contributed by atoms with Gasteiger partial charge in [0.1, 0.15) is 29.5 Å². The predicted octanol–water partition coefficient (Wildman–Crippen LogP) is 4.76. The Labute approximate surface area is 170 Å². The van der Waals surface area contributed by atoms with E-state index in [1.54, 1.807) is 12.1 Å². The highest BCUT2D eigenvalue weighted by molar-refractivity contribution is 6.05. The molecule has 2 aromatic carbocycles. The number of rotatable bonds is 5. The highest BCUT2D eigenvalue weighted by Gasteiger charge is 2.18. The topological polar surface area (TPSA) is 67.4 Å². The lowest BCUT2D eigenvalue weighted by Gasteiger charge is -2.31. The molecule has 6 heteroatoms. The van der Waals surface area contributed by atoms with Gasteiger partial charge in [0.2, 0.25) is 0 Å². The van der Waals surface area contributed by atoms with Crippen LogP contribution in [0.4, 0.5) is 11.6 Å². The summed E-state index contributed by atoms with van der Waals surface area (Å²) in [7, 11) is 0. The number of nitrogens with one attached hydrogen (secondary N) is 1. The van der Waals surface area contributed by atoms with Crippen LogP contribution in [0.3, 0.4) is 0 Å². The van der Waals surface area contributed by atoms with Crippen molar-refractivity contribution in [3.63, 3.8) is 0 Å². The van der Waals surface area contributed by atoms with E-state index in [2.05, 4.69) is 27.1 Å². The molecule has 0 radical (unpaired) electrons.